The number of carbonyl (C=O) groups is 1. The van der Waals surface area contributed by atoms with Gasteiger partial charge in [0.05, 0.1) is 13.8 Å². The van der Waals surface area contributed by atoms with Gasteiger partial charge >= 0.3 is 5.97 Å². The SMILES string of the molecule is COC(=O)C(C)(N)CCF. The lowest BCUT2D eigenvalue weighted by Crippen LogP contribution is -2.46. The van der Waals surface area contributed by atoms with Crippen molar-refractivity contribution in [2.24, 2.45) is 5.73 Å². The molecule has 1 unspecified atom stereocenters. The number of rotatable bonds is 3. The molecule has 10 heavy (non-hydrogen) atoms. The Morgan fingerprint density at radius 3 is 2.60 bits per heavy atom. The van der Waals surface area contributed by atoms with Crippen molar-refractivity contribution < 1.29 is 13.9 Å². The molecule has 0 radical (unpaired) electrons. The molecule has 0 aromatic rings. The Bertz CT molecular complexity index is 125. The molecule has 0 aromatic heterocycles. The summed E-state index contributed by atoms with van der Waals surface area (Å²) in [6.07, 6.45) is -0.000324. The largest absolute Gasteiger partial charge is 0.468 e. The molecule has 3 nitrogen and oxygen atoms in total. The lowest BCUT2D eigenvalue weighted by atomic mass is 10.0. The maximum absolute atomic E-state index is 11.7. The maximum Gasteiger partial charge on any atom is 0.325 e. The summed E-state index contributed by atoms with van der Waals surface area (Å²) in [5.41, 5.74) is 4.19. The molecule has 0 aliphatic rings. The Morgan fingerprint density at radius 1 is 1.80 bits per heavy atom. The molecular weight excluding hydrogens is 137 g/mol. The minimum Gasteiger partial charge on any atom is -0.468 e. The number of nitrogens with two attached hydrogens (primary N) is 1. The van der Waals surface area contributed by atoms with Crippen LogP contribution in [0.4, 0.5) is 4.39 Å². The Labute approximate surface area is 59.3 Å². The topological polar surface area (TPSA) is 52.3 Å². The Balaban J connectivity index is 3.96. The monoisotopic (exact) mass is 149 g/mol. The summed E-state index contributed by atoms with van der Waals surface area (Å²) in [4.78, 5) is 10.7. The second kappa shape index (κ2) is 3.51. The number of hydrogen-bond donors (Lipinski definition) is 1. The minimum absolute atomic E-state index is 0.000324. The van der Waals surface area contributed by atoms with Gasteiger partial charge in [0.2, 0.25) is 0 Å². The molecule has 0 rings (SSSR count). The Kier molecular flexibility index (Phi) is 3.28. The van der Waals surface area contributed by atoms with Crippen LogP contribution in [0, 0.1) is 0 Å². The standard InChI is InChI=1S/C6H12FNO2/c1-6(8,3-4-7)5(9)10-2/h3-4,8H2,1-2H3. The van der Waals surface area contributed by atoms with E-state index in [-0.39, 0.29) is 6.42 Å². The van der Waals surface area contributed by atoms with Crippen molar-refractivity contribution in [3.05, 3.63) is 0 Å². The van der Waals surface area contributed by atoms with Crippen LogP contribution in [0.3, 0.4) is 0 Å². The van der Waals surface area contributed by atoms with E-state index in [1.165, 1.54) is 14.0 Å². The highest BCUT2D eigenvalue weighted by Crippen LogP contribution is 2.07. The number of halogens is 1. The van der Waals surface area contributed by atoms with Gasteiger partial charge in [0, 0.05) is 6.42 Å². The molecule has 0 amide bonds. The van der Waals surface area contributed by atoms with E-state index in [2.05, 4.69) is 4.74 Å². The van der Waals surface area contributed by atoms with Crippen LogP contribution in [0.25, 0.3) is 0 Å². The van der Waals surface area contributed by atoms with Crippen molar-refractivity contribution in [2.45, 2.75) is 18.9 Å². The highest BCUT2D eigenvalue weighted by Gasteiger charge is 2.28. The number of hydrogen-bond acceptors (Lipinski definition) is 3. The fourth-order valence-corrected chi connectivity index (χ4v) is 0.532. The van der Waals surface area contributed by atoms with Crippen LogP contribution in [-0.4, -0.2) is 25.3 Å². The van der Waals surface area contributed by atoms with E-state index in [4.69, 9.17) is 5.73 Å². The van der Waals surface area contributed by atoms with Gasteiger partial charge in [-0.2, -0.15) is 0 Å². The van der Waals surface area contributed by atoms with Crippen molar-refractivity contribution in [1.29, 1.82) is 0 Å². The number of alkyl halides is 1. The molecular formula is C6H12FNO2. The normalized spacial score (nSPS) is 16.0. The van der Waals surface area contributed by atoms with Crippen molar-refractivity contribution >= 4 is 5.97 Å². The summed E-state index contributed by atoms with van der Waals surface area (Å²) in [5, 5.41) is 0. The van der Waals surface area contributed by atoms with Crippen LogP contribution in [0.5, 0.6) is 0 Å². The molecule has 0 saturated carbocycles. The molecule has 0 aliphatic heterocycles. The first-order chi connectivity index (χ1) is 4.54. The highest BCUT2D eigenvalue weighted by atomic mass is 19.1. The van der Waals surface area contributed by atoms with Gasteiger partial charge in [-0.05, 0) is 6.92 Å². The smallest absolute Gasteiger partial charge is 0.325 e. The van der Waals surface area contributed by atoms with Crippen molar-refractivity contribution in [1.82, 2.24) is 0 Å². The van der Waals surface area contributed by atoms with E-state index in [9.17, 15) is 9.18 Å². The van der Waals surface area contributed by atoms with Gasteiger partial charge in [0.25, 0.3) is 0 Å². The van der Waals surface area contributed by atoms with E-state index < -0.39 is 18.2 Å². The molecule has 2 N–H and O–H groups in total. The molecule has 4 heteroatoms. The lowest BCUT2D eigenvalue weighted by Gasteiger charge is -2.18. The summed E-state index contributed by atoms with van der Waals surface area (Å²) in [6, 6.07) is 0. The molecule has 0 spiro atoms. The average Bonchev–Trinajstić information content (AvgIpc) is 1.86. The van der Waals surface area contributed by atoms with E-state index in [1.807, 2.05) is 0 Å². The van der Waals surface area contributed by atoms with E-state index in [0.717, 1.165) is 0 Å². The zero-order valence-corrected chi connectivity index (χ0v) is 6.19. The average molecular weight is 149 g/mol. The first-order valence-corrected chi connectivity index (χ1v) is 2.98. The second-order valence-electron chi connectivity index (χ2n) is 2.35. The van der Waals surface area contributed by atoms with Crippen LogP contribution in [0.15, 0.2) is 0 Å². The van der Waals surface area contributed by atoms with Crippen LogP contribution in [-0.2, 0) is 9.53 Å². The first-order valence-electron chi connectivity index (χ1n) is 2.98. The molecule has 0 bridgehead atoms. The van der Waals surface area contributed by atoms with Gasteiger partial charge < -0.3 is 10.5 Å². The zero-order valence-electron chi connectivity index (χ0n) is 6.19. The molecule has 0 aromatic carbocycles. The van der Waals surface area contributed by atoms with E-state index in [0.29, 0.717) is 0 Å². The Morgan fingerprint density at radius 2 is 2.30 bits per heavy atom. The van der Waals surface area contributed by atoms with Crippen LogP contribution >= 0.6 is 0 Å². The second-order valence-corrected chi connectivity index (χ2v) is 2.35. The molecule has 0 aliphatic carbocycles. The summed E-state index contributed by atoms with van der Waals surface area (Å²) in [6.45, 7) is 0.834. The number of esters is 1. The quantitative estimate of drug-likeness (QED) is 0.584. The number of ether oxygens (including phenoxy) is 1. The van der Waals surface area contributed by atoms with Gasteiger partial charge in [-0.1, -0.05) is 0 Å². The minimum atomic E-state index is -1.18. The van der Waals surface area contributed by atoms with Gasteiger partial charge in [-0.25, -0.2) is 0 Å². The molecule has 0 saturated heterocycles. The predicted molar refractivity (Wildman–Crippen MR) is 35.2 cm³/mol. The third kappa shape index (κ3) is 2.31. The van der Waals surface area contributed by atoms with E-state index in [1.54, 1.807) is 0 Å². The van der Waals surface area contributed by atoms with Gasteiger partial charge in [-0.15, -0.1) is 0 Å². The van der Waals surface area contributed by atoms with Crippen molar-refractivity contribution in [3.8, 4) is 0 Å². The summed E-state index contributed by atoms with van der Waals surface area (Å²) in [7, 11) is 1.23. The third-order valence-electron chi connectivity index (χ3n) is 1.27. The van der Waals surface area contributed by atoms with Crippen LogP contribution in [0.2, 0.25) is 0 Å². The number of carbonyl (C=O) groups excluding carboxylic acids is 1. The number of methoxy groups -OCH3 is 1. The van der Waals surface area contributed by atoms with Gasteiger partial charge in [0.1, 0.15) is 5.54 Å². The molecule has 60 valence electrons. The molecule has 0 heterocycles. The van der Waals surface area contributed by atoms with Crippen LogP contribution in [0.1, 0.15) is 13.3 Å². The third-order valence-corrected chi connectivity index (χ3v) is 1.27. The lowest BCUT2D eigenvalue weighted by molar-refractivity contribution is -0.146. The van der Waals surface area contributed by atoms with Gasteiger partial charge in [0.15, 0.2) is 0 Å². The first kappa shape index (κ1) is 9.36. The van der Waals surface area contributed by atoms with Crippen LogP contribution < -0.4 is 5.73 Å². The summed E-state index contributed by atoms with van der Waals surface area (Å²) >= 11 is 0. The van der Waals surface area contributed by atoms with E-state index >= 15 is 0 Å². The molecule has 1 atom stereocenters. The summed E-state index contributed by atoms with van der Waals surface area (Å²) < 4.78 is 16.0. The maximum atomic E-state index is 11.7. The predicted octanol–water partition coefficient (Wildman–Crippen LogP) is 0.236. The Hall–Kier alpha value is -0.640. The van der Waals surface area contributed by atoms with Crippen molar-refractivity contribution in [3.63, 3.8) is 0 Å². The highest BCUT2D eigenvalue weighted by molar-refractivity contribution is 5.79. The van der Waals surface area contributed by atoms with Crippen molar-refractivity contribution in [2.75, 3.05) is 13.8 Å². The molecule has 0 fully saturated rings. The fourth-order valence-electron chi connectivity index (χ4n) is 0.532. The fraction of sp³-hybridized carbons (Fsp3) is 0.833. The van der Waals surface area contributed by atoms with Gasteiger partial charge in [-0.3, -0.25) is 9.18 Å². The zero-order chi connectivity index (χ0) is 8.20. The summed E-state index contributed by atoms with van der Waals surface area (Å²) in [5.74, 6) is -0.579.